The quantitative estimate of drug-likeness (QED) is 0.792. The lowest BCUT2D eigenvalue weighted by molar-refractivity contribution is 0.0592. The van der Waals surface area contributed by atoms with Gasteiger partial charge in [0.2, 0.25) is 0 Å². The van der Waals surface area contributed by atoms with Gasteiger partial charge in [0.15, 0.2) is 0 Å². The maximum atomic E-state index is 13.1. The molecule has 2 aliphatic heterocycles. The first-order valence-electron chi connectivity index (χ1n) is 12.1. The summed E-state index contributed by atoms with van der Waals surface area (Å²) in [6, 6.07) is -0.225. The third-order valence-corrected chi connectivity index (χ3v) is 7.27. The number of nitrogens with zero attached hydrogens (tertiary/aromatic N) is 5. The van der Waals surface area contributed by atoms with Crippen molar-refractivity contribution in [2.45, 2.75) is 70.4 Å². The Balaban J connectivity index is 1.35. The number of H-pyrrole nitrogens is 1. The van der Waals surface area contributed by atoms with Crippen molar-refractivity contribution in [3.8, 4) is 0 Å². The van der Waals surface area contributed by atoms with Gasteiger partial charge in [-0.15, -0.1) is 0 Å². The number of carbonyl (C=O) groups excluding carboxylic acids is 1. The van der Waals surface area contributed by atoms with E-state index in [1.54, 1.807) is 11.1 Å². The molecule has 2 aromatic heterocycles. The highest BCUT2D eigenvalue weighted by molar-refractivity contribution is 5.92. The zero-order chi connectivity index (χ0) is 21.9. The molecule has 3 aliphatic rings. The molecule has 1 atom stereocenters. The van der Waals surface area contributed by atoms with Crippen LogP contribution in [0.1, 0.15) is 85.0 Å². The van der Waals surface area contributed by atoms with E-state index in [2.05, 4.69) is 19.9 Å². The van der Waals surface area contributed by atoms with Gasteiger partial charge in [-0.2, -0.15) is 0 Å². The number of hydrogen-bond donors (Lipinski definition) is 1. The molecule has 0 bridgehead atoms. The molecule has 170 valence electrons. The standard InChI is InChI=1S/C24H32N6O2/c31-23-18-16-29(15-17-6-2-1-3-7-17)13-9-19(18)27-22(28-23)21-8-4-5-12-30(21)24(32)20-14-25-10-11-26-20/h10-11,14,17,21H,1-9,12-13,15-16H2,(H,27,28,31)/t21-/m1/s1. The third-order valence-electron chi connectivity index (χ3n) is 7.27. The van der Waals surface area contributed by atoms with E-state index in [9.17, 15) is 9.59 Å². The molecule has 1 aliphatic carbocycles. The fourth-order valence-corrected chi connectivity index (χ4v) is 5.56. The Labute approximate surface area is 188 Å². The van der Waals surface area contributed by atoms with Crippen LogP contribution in [0.4, 0.5) is 0 Å². The Hall–Kier alpha value is -2.61. The van der Waals surface area contributed by atoms with Crippen LogP contribution in [-0.2, 0) is 13.0 Å². The SMILES string of the molecule is O=C(c1cnccn1)N1CCCC[C@@H]1c1nc2c(c(=O)[nH]1)CN(CC1CCCCC1)CC2. The van der Waals surface area contributed by atoms with Crippen molar-refractivity contribution in [3.05, 3.63) is 51.7 Å². The third kappa shape index (κ3) is 4.46. The van der Waals surface area contributed by atoms with E-state index < -0.39 is 0 Å². The highest BCUT2D eigenvalue weighted by atomic mass is 16.2. The van der Waals surface area contributed by atoms with E-state index in [4.69, 9.17) is 4.98 Å². The highest BCUT2D eigenvalue weighted by Gasteiger charge is 2.33. The minimum Gasteiger partial charge on any atom is -0.327 e. The van der Waals surface area contributed by atoms with Crippen LogP contribution in [-0.4, -0.2) is 55.3 Å². The van der Waals surface area contributed by atoms with E-state index in [0.29, 0.717) is 24.6 Å². The Kier molecular flexibility index (Phi) is 6.30. The minimum atomic E-state index is -0.225. The van der Waals surface area contributed by atoms with E-state index in [-0.39, 0.29) is 17.5 Å². The molecule has 2 aromatic rings. The van der Waals surface area contributed by atoms with Gasteiger partial charge in [0, 0.05) is 45.0 Å². The second-order valence-electron chi connectivity index (χ2n) is 9.47. The van der Waals surface area contributed by atoms with Crippen LogP contribution in [0.25, 0.3) is 0 Å². The lowest BCUT2D eigenvalue weighted by Crippen LogP contribution is -2.42. The lowest BCUT2D eigenvalue weighted by Gasteiger charge is -2.36. The molecular weight excluding hydrogens is 404 g/mol. The summed E-state index contributed by atoms with van der Waals surface area (Å²) in [5.74, 6) is 1.23. The number of piperidine rings is 1. The molecule has 1 N–H and O–H groups in total. The van der Waals surface area contributed by atoms with Crippen molar-refractivity contribution in [2.75, 3.05) is 19.6 Å². The molecule has 5 rings (SSSR count). The zero-order valence-electron chi connectivity index (χ0n) is 18.6. The van der Waals surface area contributed by atoms with Gasteiger partial charge in [-0.25, -0.2) is 9.97 Å². The number of fused-ring (bicyclic) bond motifs is 1. The smallest absolute Gasteiger partial charge is 0.274 e. The van der Waals surface area contributed by atoms with Crippen LogP contribution < -0.4 is 5.56 Å². The van der Waals surface area contributed by atoms with Gasteiger partial charge in [0.1, 0.15) is 11.5 Å². The molecule has 4 heterocycles. The molecule has 1 saturated heterocycles. The van der Waals surface area contributed by atoms with Crippen molar-refractivity contribution in [3.63, 3.8) is 0 Å². The van der Waals surface area contributed by atoms with Crippen LogP contribution in [0.5, 0.6) is 0 Å². The van der Waals surface area contributed by atoms with Gasteiger partial charge in [-0.1, -0.05) is 19.3 Å². The Bertz CT molecular complexity index is 1000. The van der Waals surface area contributed by atoms with Crippen molar-refractivity contribution < 1.29 is 4.79 Å². The highest BCUT2D eigenvalue weighted by Crippen LogP contribution is 2.31. The summed E-state index contributed by atoms with van der Waals surface area (Å²) in [6.07, 6.45) is 14.8. The Morgan fingerprint density at radius 3 is 2.72 bits per heavy atom. The van der Waals surface area contributed by atoms with Crippen molar-refractivity contribution in [1.29, 1.82) is 0 Å². The topological polar surface area (TPSA) is 95.1 Å². The Morgan fingerprint density at radius 2 is 1.91 bits per heavy atom. The number of nitrogens with one attached hydrogen (secondary N) is 1. The number of carbonyl (C=O) groups is 1. The first-order valence-corrected chi connectivity index (χ1v) is 12.1. The molecule has 8 nitrogen and oxygen atoms in total. The lowest BCUT2D eigenvalue weighted by atomic mass is 9.88. The molecule has 32 heavy (non-hydrogen) atoms. The first-order chi connectivity index (χ1) is 15.7. The van der Waals surface area contributed by atoms with Gasteiger partial charge in [0.25, 0.3) is 11.5 Å². The largest absolute Gasteiger partial charge is 0.327 e. The molecule has 0 aromatic carbocycles. The number of aromatic amines is 1. The molecule has 0 unspecified atom stereocenters. The Morgan fingerprint density at radius 1 is 1.06 bits per heavy atom. The zero-order valence-corrected chi connectivity index (χ0v) is 18.6. The van der Waals surface area contributed by atoms with Crippen LogP contribution in [0.3, 0.4) is 0 Å². The fraction of sp³-hybridized carbons (Fsp3) is 0.625. The van der Waals surface area contributed by atoms with E-state index >= 15 is 0 Å². The monoisotopic (exact) mass is 436 g/mol. The summed E-state index contributed by atoms with van der Waals surface area (Å²) < 4.78 is 0. The maximum Gasteiger partial charge on any atom is 0.274 e. The normalized spacial score (nSPS) is 22.5. The van der Waals surface area contributed by atoms with Crippen molar-refractivity contribution >= 4 is 5.91 Å². The second kappa shape index (κ2) is 9.48. The average Bonchev–Trinajstić information content (AvgIpc) is 2.85. The van der Waals surface area contributed by atoms with Crippen molar-refractivity contribution in [2.24, 2.45) is 5.92 Å². The van der Waals surface area contributed by atoms with Gasteiger partial charge < -0.3 is 9.88 Å². The first kappa shape index (κ1) is 21.2. The summed E-state index contributed by atoms with van der Waals surface area (Å²) in [4.78, 5) is 46.5. The van der Waals surface area contributed by atoms with Gasteiger partial charge in [-0.3, -0.25) is 19.5 Å². The molecule has 1 saturated carbocycles. The molecule has 8 heteroatoms. The summed E-state index contributed by atoms with van der Waals surface area (Å²) >= 11 is 0. The molecule has 1 amide bonds. The number of aromatic nitrogens is 4. The van der Waals surface area contributed by atoms with Crippen LogP contribution in [0, 0.1) is 5.92 Å². The number of hydrogen-bond acceptors (Lipinski definition) is 6. The van der Waals surface area contributed by atoms with Gasteiger partial charge in [-0.05, 0) is 38.0 Å². The second-order valence-corrected chi connectivity index (χ2v) is 9.47. The number of rotatable bonds is 4. The van der Waals surface area contributed by atoms with Crippen molar-refractivity contribution in [1.82, 2.24) is 29.7 Å². The fourth-order valence-electron chi connectivity index (χ4n) is 5.56. The predicted molar refractivity (Wildman–Crippen MR) is 120 cm³/mol. The van der Waals surface area contributed by atoms with E-state index in [1.165, 1.54) is 44.5 Å². The minimum absolute atomic E-state index is 0.0455. The summed E-state index contributed by atoms with van der Waals surface area (Å²) in [5, 5.41) is 0. The maximum absolute atomic E-state index is 13.1. The molecule has 2 fully saturated rings. The summed E-state index contributed by atoms with van der Waals surface area (Å²) in [6.45, 7) is 3.35. The van der Waals surface area contributed by atoms with Crippen LogP contribution in [0.15, 0.2) is 23.4 Å². The van der Waals surface area contributed by atoms with Gasteiger partial charge in [0.05, 0.1) is 23.5 Å². The molecular formula is C24H32N6O2. The molecule has 0 radical (unpaired) electrons. The summed E-state index contributed by atoms with van der Waals surface area (Å²) in [5.41, 5.74) is 1.99. The van der Waals surface area contributed by atoms with E-state index in [1.807, 2.05) is 0 Å². The predicted octanol–water partition coefficient (Wildman–Crippen LogP) is 2.87. The van der Waals surface area contributed by atoms with E-state index in [0.717, 1.165) is 55.9 Å². The molecule has 0 spiro atoms. The van der Waals surface area contributed by atoms with Gasteiger partial charge >= 0.3 is 0 Å². The van der Waals surface area contributed by atoms with Crippen LogP contribution >= 0.6 is 0 Å². The van der Waals surface area contributed by atoms with Crippen LogP contribution in [0.2, 0.25) is 0 Å². The average molecular weight is 437 g/mol. The summed E-state index contributed by atoms with van der Waals surface area (Å²) in [7, 11) is 0. The number of likely N-dealkylation sites (tertiary alicyclic amines) is 1. The number of amides is 1.